The summed E-state index contributed by atoms with van der Waals surface area (Å²) in [5.41, 5.74) is 1.38. The largest absolute Gasteiger partial charge is 0.497 e. The predicted octanol–water partition coefficient (Wildman–Crippen LogP) is 3.30. The normalized spacial score (nSPS) is 10.4. The first-order valence-electron chi connectivity index (χ1n) is 6.57. The van der Waals surface area contributed by atoms with Gasteiger partial charge in [-0.15, -0.1) is 0 Å². The van der Waals surface area contributed by atoms with Gasteiger partial charge >= 0.3 is 5.97 Å². The van der Waals surface area contributed by atoms with Gasteiger partial charge in [-0.1, -0.05) is 5.16 Å². The zero-order valence-electron chi connectivity index (χ0n) is 11.8. The molecule has 112 valence electrons. The highest BCUT2D eigenvalue weighted by atomic mass is 16.5. The zero-order chi connectivity index (χ0) is 15.4. The molecule has 0 bridgehead atoms. The van der Waals surface area contributed by atoms with Crippen LogP contribution in [-0.2, 0) is 11.3 Å². The Kier molecular flexibility index (Phi) is 3.91. The third kappa shape index (κ3) is 3.01. The van der Waals surface area contributed by atoms with Gasteiger partial charge in [-0.25, -0.2) is 4.79 Å². The average Bonchev–Trinajstić information content (AvgIpc) is 3.24. The summed E-state index contributed by atoms with van der Waals surface area (Å²) in [5.74, 6) is 0.959. The van der Waals surface area contributed by atoms with Crippen LogP contribution in [0.25, 0.3) is 11.3 Å². The number of rotatable bonds is 5. The van der Waals surface area contributed by atoms with Crippen molar-refractivity contribution in [3.8, 4) is 17.1 Å². The van der Waals surface area contributed by atoms with Crippen LogP contribution >= 0.6 is 0 Å². The van der Waals surface area contributed by atoms with E-state index in [-0.39, 0.29) is 12.4 Å². The number of carbonyl (C=O) groups is 1. The van der Waals surface area contributed by atoms with E-state index in [1.165, 1.54) is 12.3 Å². The van der Waals surface area contributed by atoms with E-state index in [1.807, 2.05) is 24.3 Å². The van der Waals surface area contributed by atoms with Gasteiger partial charge in [-0.3, -0.25) is 0 Å². The average molecular weight is 299 g/mol. The molecule has 0 N–H and O–H groups in total. The second kappa shape index (κ2) is 6.17. The van der Waals surface area contributed by atoms with Crippen LogP contribution in [0.15, 0.2) is 57.7 Å². The number of esters is 1. The molecule has 2 aromatic heterocycles. The Morgan fingerprint density at radius 1 is 1.23 bits per heavy atom. The molecular weight excluding hydrogens is 286 g/mol. The fourth-order valence-corrected chi connectivity index (χ4v) is 1.88. The first-order valence-corrected chi connectivity index (χ1v) is 6.57. The molecular formula is C16H13NO5. The molecule has 0 saturated heterocycles. The molecule has 0 fully saturated rings. The molecule has 22 heavy (non-hydrogen) atoms. The van der Waals surface area contributed by atoms with E-state index in [4.69, 9.17) is 18.4 Å². The topological polar surface area (TPSA) is 74.7 Å². The maximum absolute atomic E-state index is 11.6. The van der Waals surface area contributed by atoms with Gasteiger partial charge in [0.15, 0.2) is 5.76 Å². The number of ether oxygens (including phenoxy) is 2. The number of furan rings is 1. The van der Waals surface area contributed by atoms with Crippen LogP contribution < -0.4 is 4.74 Å². The van der Waals surface area contributed by atoms with E-state index in [1.54, 1.807) is 19.2 Å². The lowest BCUT2D eigenvalue weighted by Gasteiger charge is -1.99. The minimum atomic E-state index is -0.543. The molecule has 6 nitrogen and oxygen atoms in total. The van der Waals surface area contributed by atoms with Crippen molar-refractivity contribution in [1.29, 1.82) is 0 Å². The van der Waals surface area contributed by atoms with Gasteiger partial charge in [0, 0.05) is 11.6 Å². The first-order chi connectivity index (χ1) is 10.8. The van der Waals surface area contributed by atoms with Crippen LogP contribution in [0.5, 0.6) is 5.75 Å². The summed E-state index contributed by atoms with van der Waals surface area (Å²) in [6.45, 7) is 0.0131. The second-order valence-corrected chi connectivity index (χ2v) is 4.46. The van der Waals surface area contributed by atoms with Crippen LogP contribution in [-0.4, -0.2) is 18.2 Å². The molecule has 0 aliphatic heterocycles. The lowest BCUT2D eigenvalue weighted by atomic mass is 10.1. The van der Waals surface area contributed by atoms with Crippen molar-refractivity contribution in [1.82, 2.24) is 5.16 Å². The second-order valence-electron chi connectivity index (χ2n) is 4.46. The summed E-state index contributed by atoms with van der Waals surface area (Å²) >= 11 is 0. The fraction of sp³-hybridized carbons (Fsp3) is 0.125. The maximum atomic E-state index is 11.6. The van der Waals surface area contributed by atoms with Crippen molar-refractivity contribution >= 4 is 5.97 Å². The number of hydrogen-bond donors (Lipinski definition) is 0. The number of carbonyl (C=O) groups excluding carboxylic acids is 1. The molecule has 1 aromatic carbocycles. The van der Waals surface area contributed by atoms with Gasteiger partial charge in [-0.2, -0.15) is 0 Å². The third-order valence-electron chi connectivity index (χ3n) is 3.01. The van der Waals surface area contributed by atoms with E-state index < -0.39 is 5.97 Å². The molecule has 0 saturated carbocycles. The molecule has 6 heteroatoms. The Bertz CT molecular complexity index is 743. The van der Waals surface area contributed by atoms with Crippen molar-refractivity contribution in [2.24, 2.45) is 0 Å². The quantitative estimate of drug-likeness (QED) is 0.673. The molecule has 0 amide bonds. The van der Waals surface area contributed by atoms with E-state index in [9.17, 15) is 4.79 Å². The monoisotopic (exact) mass is 299 g/mol. The molecule has 0 radical (unpaired) electrons. The highest BCUT2D eigenvalue weighted by Crippen LogP contribution is 2.23. The van der Waals surface area contributed by atoms with Crippen LogP contribution in [0.2, 0.25) is 0 Å². The van der Waals surface area contributed by atoms with E-state index >= 15 is 0 Å². The highest BCUT2D eigenvalue weighted by molar-refractivity contribution is 5.86. The summed E-state index contributed by atoms with van der Waals surface area (Å²) in [6.07, 6.45) is 1.41. The standard InChI is InChI=1S/C16H13NO5/c1-19-13-6-4-11(5-7-13)15-9-12(17-22-15)10-21-16(18)14-3-2-8-20-14/h2-9H,10H2,1H3. The van der Waals surface area contributed by atoms with Gasteiger partial charge in [0.25, 0.3) is 0 Å². The Hall–Kier alpha value is -3.02. The molecule has 0 atom stereocenters. The molecule has 0 aliphatic carbocycles. The summed E-state index contributed by atoms with van der Waals surface area (Å²) < 4.78 is 20.4. The Morgan fingerprint density at radius 3 is 2.73 bits per heavy atom. The van der Waals surface area contributed by atoms with Crippen LogP contribution in [0, 0.1) is 0 Å². The van der Waals surface area contributed by atoms with Crippen molar-refractivity contribution in [3.63, 3.8) is 0 Å². The zero-order valence-corrected chi connectivity index (χ0v) is 11.8. The lowest BCUT2D eigenvalue weighted by Crippen LogP contribution is -2.03. The van der Waals surface area contributed by atoms with Crippen molar-refractivity contribution in [2.45, 2.75) is 6.61 Å². The smallest absolute Gasteiger partial charge is 0.374 e. The molecule has 0 aliphatic rings. The highest BCUT2D eigenvalue weighted by Gasteiger charge is 2.12. The number of nitrogens with zero attached hydrogens (tertiary/aromatic N) is 1. The molecule has 2 heterocycles. The molecule has 3 rings (SSSR count). The number of hydrogen-bond acceptors (Lipinski definition) is 6. The molecule has 0 unspecified atom stereocenters. The molecule has 0 spiro atoms. The number of benzene rings is 1. The van der Waals surface area contributed by atoms with Gasteiger partial charge in [0.05, 0.1) is 13.4 Å². The number of methoxy groups -OCH3 is 1. The van der Waals surface area contributed by atoms with Crippen LogP contribution in [0.4, 0.5) is 0 Å². The maximum Gasteiger partial charge on any atom is 0.374 e. The number of aromatic nitrogens is 1. The summed E-state index contributed by atoms with van der Waals surface area (Å²) in [4.78, 5) is 11.6. The van der Waals surface area contributed by atoms with Crippen LogP contribution in [0.3, 0.4) is 0 Å². The lowest BCUT2D eigenvalue weighted by molar-refractivity contribution is 0.0428. The fourth-order valence-electron chi connectivity index (χ4n) is 1.88. The van der Waals surface area contributed by atoms with Gasteiger partial charge in [0.2, 0.25) is 5.76 Å². The van der Waals surface area contributed by atoms with Crippen LogP contribution in [0.1, 0.15) is 16.2 Å². The first kappa shape index (κ1) is 13.9. The van der Waals surface area contributed by atoms with Crippen molar-refractivity contribution < 1.29 is 23.2 Å². The van der Waals surface area contributed by atoms with Gasteiger partial charge in [-0.05, 0) is 36.4 Å². The summed E-state index contributed by atoms with van der Waals surface area (Å²) in [6, 6.07) is 12.2. The third-order valence-corrected chi connectivity index (χ3v) is 3.01. The van der Waals surface area contributed by atoms with E-state index in [0.717, 1.165) is 11.3 Å². The summed E-state index contributed by atoms with van der Waals surface area (Å²) in [5, 5.41) is 3.87. The van der Waals surface area contributed by atoms with E-state index in [0.29, 0.717) is 11.5 Å². The minimum absolute atomic E-state index is 0.0131. The van der Waals surface area contributed by atoms with E-state index in [2.05, 4.69) is 5.16 Å². The Balaban J connectivity index is 1.64. The Morgan fingerprint density at radius 2 is 2.05 bits per heavy atom. The predicted molar refractivity (Wildman–Crippen MR) is 76.3 cm³/mol. The van der Waals surface area contributed by atoms with Gasteiger partial charge in [0.1, 0.15) is 18.1 Å². The van der Waals surface area contributed by atoms with Gasteiger partial charge < -0.3 is 18.4 Å². The van der Waals surface area contributed by atoms with Crippen molar-refractivity contribution in [2.75, 3.05) is 7.11 Å². The van der Waals surface area contributed by atoms with Crippen molar-refractivity contribution in [3.05, 3.63) is 60.2 Å². The summed E-state index contributed by atoms with van der Waals surface area (Å²) in [7, 11) is 1.61. The Labute approximate surface area is 126 Å². The minimum Gasteiger partial charge on any atom is -0.497 e. The SMILES string of the molecule is COc1ccc(-c2cc(COC(=O)c3ccco3)no2)cc1. The molecule has 3 aromatic rings.